The number of benzene rings is 3. The third-order valence-corrected chi connectivity index (χ3v) is 7.25. The molecule has 2 aromatic heterocycles. The molecule has 1 aliphatic rings. The largest absolute Gasteiger partial charge is 0.488 e. The molecule has 0 fully saturated rings. The number of fused-ring (bicyclic) bond motifs is 1. The van der Waals surface area contributed by atoms with Crippen molar-refractivity contribution in [1.29, 1.82) is 0 Å². The first kappa shape index (κ1) is 25.4. The highest BCUT2D eigenvalue weighted by atomic mass is 16.6. The van der Waals surface area contributed by atoms with E-state index in [0.29, 0.717) is 18.1 Å². The van der Waals surface area contributed by atoms with Gasteiger partial charge in [0.05, 0.1) is 10.6 Å². The molecule has 40 heavy (non-hydrogen) atoms. The van der Waals surface area contributed by atoms with Crippen LogP contribution in [0.15, 0.2) is 78.9 Å². The van der Waals surface area contributed by atoms with Crippen molar-refractivity contribution in [3.8, 4) is 34.0 Å². The Labute approximate surface area is 231 Å². The van der Waals surface area contributed by atoms with Gasteiger partial charge >= 0.3 is 0 Å². The number of hydrogen-bond donors (Lipinski definition) is 0. The molecule has 0 radical (unpaired) electrons. The smallest absolute Gasteiger partial charge is 0.269 e. The van der Waals surface area contributed by atoms with Gasteiger partial charge in [-0.05, 0) is 77.4 Å². The monoisotopic (exact) mass is 532 g/mol. The molecule has 0 N–H and O–H groups in total. The van der Waals surface area contributed by atoms with Crippen molar-refractivity contribution in [2.75, 3.05) is 0 Å². The van der Waals surface area contributed by atoms with E-state index in [1.165, 1.54) is 29.8 Å². The van der Waals surface area contributed by atoms with Gasteiger partial charge in [-0.15, -0.1) is 5.10 Å². The molecule has 9 nitrogen and oxygen atoms in total. The van der Waals surface area contributed by atoms with Gasteiger partial charge in [-0.3, -0.25) is 15.1 Å². The number of rotatable bonds is 8. The lowest BCUT2D eigenvalue weighted by Crippen LogP contribution is -2.10. The van der Waals surface area contributed by atoms with Crippen LogP contribution in [0.5, 0.6) is 5.75 Å². The molecule has 0 spiro atoms. The predicted molar refractivity (Wildman–Crippen MR) is 151 cm³/mol. The molecule has 0 bridgehead atoms. The molecule has 1 aliphatic carbocycles. The van der Waals surface area contributed by atoms with E-state index >= 15 is 0 Å². The van der Waals surface area contributed by atoms with Crippen molar-refractivity contribution in [2.24, 2.45) is 0 Å². The molecule has 0 unspecified atom stereocenters. The molecule has 0 saturated carbocycles. The van der Waals surface area contributed by atoms with Crippen LogP contribution >= 0.6 is 0 Å². The van der Waals surface area contributed by atoms with Crippen molar-refractivity contribution in [1.82, 2.24) is 25.2 Å². The molecule has 0 aliphatic heterocycles. The zero-order valence-corrected chi connectivity index (χ0v) is 22.2. The normalized spacial score (nSPS) is 12.6. The fraction of sp³-hybridized carbons (Fsp3) is 0.226. The van der Waals surface area contributed by atoms with Crippen LogP contribution in [0.1, 0.15) is 42.3 Å². The van der Waals surface area contributed by atoms with E-state index in [4.69, 9.17) is 9.72 Å². The summed E-state index contributed by atoms with van der Waals surface area (Å²) in [6, 6.07) is 24.5. The molecule has 6 rings (SSSR count). The summed E-state index contributed by atoms with van der Waals surface area (Å²) in [7, 11) is 0. The Bertz CT molecular complexity index is 1670. The number of aromatic nitrogens is 5. The van der Waals surface area contributed by atoms with E-state index in [9.17, 15) is 10.1 Å². The van der Waals surface area contributed by atoms with Gasteiger partial charge in [-0.2, -0.15) is 4.68 Å². The second kappa shape index (κ2) is 11.1. The lowest BCUT2D eigenvalue weighted by Gasteiger charge is -2.20. The number of tetrazole rings is 1. The molecule has 0 atom stereocenters. The number of ether oxygens (including phenoxy) is 1. The molecule has 0 saturated heterocycles. The van der Waals surface area contributed by atoms with Gasteiger partial charge in [0.25, 0.3) is 5.69 Å². The van der Waals surface area contributed by atoms with Gasteiger partial charge < -0.3 is 4.74 Å². The second-order valence-electron chi connectivity index (χ2n) is 9.82. The second-order valence-corrected chi connectivity index (χ2v) is 9.82. The Morgan fingerprint density at radius 2 is 1.75 bits per heavy atom. The van der Waals surface area contributed by atoms with E-state index < -0.39 is 4.92 Å². The molecular weight excluding hydrogens is 504 g/mol. The van der Waals surface area contributed by atoms with Crippen LogP contribution in [0, 0.1) is 10.1 Å². The maximum atomic E-state index is 11.1. The van der Waals surface area contributed by atoms with Gasteiger partial charge in [0.15, 0.2) is 5.82 Å². The zero-order valence-electron chi connectivity index (χ0n) is 22.2. The van der Waals surface area contributed by atoms with Gasteiger partial charge in [0.1, 0.15) is 12.4 Å². The Kier molecular flexibility index (Phi) is 7.01. The highest BCUT2D eigenvalue weighted by molar-refractivity contribution is 5.81. The first-order chi connectivity index (χ1) is 19.6. The van der Waals surface area contributed by atoms with E-state index in [0.717, 1.165) is 59.4 Å². The van der Waals surface area contributed by atoms with Gasteiger partial charge in [-0.1, -0.05) is 49.4 Å². The van der Waals surface area contributed by atoms with Crippen LogP contribution in [0.2, 0.25) is 0 Å². The van der Waals surface area contributed by atoms with E-state index in [1.807, 2.05) is 30.3 Å². The van der Waals surface area contributed by atoms with Gasteiger partial charge in [-0.25, -0.2) is 0 Å². The average Bonchev–Trinajstić information content (AvgIpc) is 3.50. The molecule has 2 heterocycles. The number of nitrogens with zero attached hydrogens (tertiary/aromatic N) is 6. The fourth-order valence-corrected chi connectivity index (χ4v) is 5.17. The summed E-state index contributed by atoms with van der Waals surface area (Å²) < 4.78 is 8.04. The van der Waals surface area contributed by atoms with Crippen LogP contribution < -0.4 is 4.74 Å². The van der Waals surface area contributed by atoms with Gasteiger partial charge in [0, 0.05) is 40.7 Å². The molecule has 200 valence electrons. The van der Waals surface area contributed by atoms with Gasteiger partial charge in [0.2, 0.25) is 0 Å². The van der Waals surface area contributed by atoms with Crippen molar-refractivity contribution < 1.29 is 9.66 Å². The Balaban J connectivity index is 1.38. The SMILES string of the molecule is CCc1cc(OCc2ccc(-c3ccccc3)c(-c3nnnn3-c3ccc([N+](=O)[O-])cc3)c2)c2c(n1)CCCC2. The first-order valence-corrected chi connectivity index (χ1v) is 13.5. The number of nitro groups is 1. The molecule has 9 heteroatoms. The number of aryl methyl sites for hydroxylation is 2. The first-order valence-electron chi connectivity index (χ1n) is 13.5. The van der Waals surface area contributed by atoms with Crippen molar-refractivity contribution in [2.45, 2.75) is 45.6 Å². The number of hydrogen-bond acceptors (Lipinski definition) is 7. The summed E-state index contributed by atoms with van der Waals surface area (Å²) in [6.07, 6.45) is 5.17. The predicted octanol–water partition coefficient (Wildman–Crippen LogP) is 6.32. The van der Waals surface area contributed by atoms with Crippen molar-refractivity contribution >= 4 is 5.69 Å². The number of non-ortho nitro benzene ring substituents is 1. The Morgan fingerprint density at radius 3 is 2.52 bits per heavy atom. The van der Waals surface area contributed by atoms with Crippen LogP contribution in [0.25, 0.3) is 28.2 Å². The third-order valence-electron chi connectivity index (χ3n) is 7.25. The van der Waals surface area contributed by atoms with Crippen LogP contribution in [0.3, 0.4) is 0 Å². The van der Waals surface area contributed by atoms with E-state index in [-0.39, 0.29) is 5.69 Å². The minimum absolute atomic E-state index is 0.00651. The summed E-state index contributed by atoms with van der Waals surface area (Å²) >= 11 is 0. The molecule has 3 aromatic carbocycles. The third kappa shape index (κ3) is 5.05. The highest BCUT2D eigenvalue weighted by Gasteiger charge is 2.20. The Morgan fingerprint density at radius 1 is 0.950 bits per heavy atom. The minimum atomic E-state index is -0.426. The maximum Gasteiger partial charge on any atom is 0.269 e. The zero-order chi connectivity index (χ0) is 27.5. The van der Waals surface area contributed by atoms with Crippen LogP contribution in [0.4, 0.5) is 5.69 Å². The lowest BCUT2D eigenvalue weighted by atomic mass is 9.94. The van der Waals surface area contributed by atoms with Crippen molar-refractivity contribution in [3.63, 3.8) is 0 Å². The lowest BCUT2D eigenvalue weighted by molar-refractivity contribution is -0.384. The molecule has 5 aromatic rings. The number of nitro benzene ring substituents is 1. The van der Waals surface area contributed by atoms with Crippen LogP contribution in [-0.2, 0) is 25.9 Å². The molecular formula is C31H28N6O3. The quantitative estimate of drug-likeness (QED) is 0.170. The average molecular weight is 533 g/mol. The fourth-order valence-electron chi connectivity index (χ4n) is 5.17. The summed E-state index contributed by atoms with van der Waals surface area (Å²) in [4.78, 5) is 15.6. The highest BCUT2D eigenvalue weighted by Crippen LogP contribution is 2.34. The summed E-state index contributed by atoms with van der Waals surface area (Å²) in [5, 5.41) is 23.7. The summed E-state index contributed by atoms with van der Waals surface area (Å²) in [6.45, 7) is 2.51. The van der Waals surface area contributed by atoms with E-state index in [2.05, 4.69) is 46.7 Å². The maximum absolute atomic E-state index is 11.1. The standard InChI is InChI=1S/C31H28N6O3/c1-2-23-19-30(27-10-6-7-11-29(27)32-23)40-20-21-12-17-26(22-8-4-3-5-9-22)28(18-21)31-33-34-35-36(31)24-13-15-25(16-14-24)37(38)39/h3-5,8-9,12-19H,2,6-7,10-11,20H2,1H3. The minimum Gasteiger partial charge on any atom is -0.488 e. The topological polar surface area (TPSA) is 109 Å². The molecule has 0 amide bonds. The Hall–Kier alpha value is -4.92. The number of pyridine rings is 1. The summed E-state index contributed by atoms with van der Waals surface area (Å²) in [5.41, 5.74) is 7.89. The van der Waals surface area contributed by atoms with Crippen molar-refractivity contribution in [3.05, 3.63) is 111 Å². The van der Waals surface area contributed by atoms with Crippen LogP contribution in [-0.4, -0.2) is 30.1 Å². The van der Waals surface area contributed by atoms with E-state index in [1.54, 1.807) is 16.8 Å². The summed E-state index contributed by atoms with van der Waals surface area (Å²) in [5.74, 6) is 1.45.